The summed E-state index contributed by atoms with van der Waals surface area (Å²) in [7, 11) is 4.11. The van der Waals surface area contributed by atoms with Gasteiger partial charge in [-0.15, -0.1) is 0 Å². The lowest BCUT2D eigenvalue weighted by Crippen LogP contribution is -2.42. The molecule has 1 aromatic rings. The molecule has 2 atom stereocenters. The van der Waals surface area contributed by atoms with Crippen molar-refractivity contribution in [3.8, 4) is 0 Å². The van der Waals surface area contributed by atoms with Gasteiger partial charge in [-0.2, -0.15) is 5.10 Å². The summed E-state index contributed by atoms with van der Waals surface area (Å²) in [5, 5.41) is 15.8. The molecule has 4 nitrogen and oxygen atoms in total. The molecule has 2 rings (SSSR count). The zero-order valence-corrected chi connectivity index (χ0v) is 15.4. The molecule has 1 aliphatic rings. The van der Waals surface area contributed by atoms with E-state index in [-0.39, 0.29) is 5.41 Å². The van der Waals surface area contributed by atoms with Crippen LogP contribution in [-0.4, -0.2) is 40.4 Å². The van der Waals surface area contributed by atoms with E-state index in [1.165, 1.54) is 6.42 Å². The van der Waals surface area contributed by atoms with Crippen LogP contribution in [0.4, 0.5) is 0 Å². The third kappa shape index (κ3) is 3.88. The molecule has 0 spiro atoms. The van der Waals surface area contributed by atoms with Crippen molar-refractivity contribution in [1.82, 2.24) is 14.7 Å². The van der Waals surface area contributed by atoms with E-state index < -0.39 is 5.60 Å². The number of hydrogen-bond donors (Lipinski definition) is 1. The van der Waals surface area contributed by atoms with Gasteiger partial charge in [0.05, 0.1) is 22.9 Å². The molecule has 2 unspecified atom stereocenters. The molecule has 1 saturated carbocycles. The quantitative estimate of drug-likeness (QED) is 0.899. The minimum absolute atomic E-state index is 0.155. The lowest BCUT2D eigenvalue weighted by Gasteiger charge is -2.45. The second kappa shape index (κ2) is 6.01. The molecule has 1 aliphatic carbocycles. The van der Waals surface area contributed by atoms with Crippen LogP contribution in [0.5, 0.6) is 0 Å². The van der Waals surface area contributed by atoms with Crippen molar-refractivity contribution in [1.29, 1.82) is 0 Å². The number of aromatic nitrogens is 2. The minimum Gasteiger partial charge on any atom is -0.383 e. The Balaban J connectivity index is 2.33. The van der Waals surface area contributed by atoms with Gasteiger partial charge in [0, 0.05) is 6.54 Å². The highest BCUT2D eigenvalue weighted by Gasteiger charge is 2.45. The Labute approximate surface area is 136 Å². The molecule has 120 valence electrons. The van der Waals surface area contributed by atoms with Crippen molar-refractivity contribution in [3.05, 3.63) is 16.4 Å². The highest BCUT2D eigenvalue weighted by atomic mass is 79.9. The van der Waals surface area contributed by atoms with Gasteiger partial charge in [0.2, 0.25) is 0 Å². The predicted octanol–water partition coefficient (Wildman–Crippen LogP) is 3.24. The molecule has 5 heteroatoms. The molecule has 1 aromatic heterocycles. The van der Waals surface area contributed by atoms with Crippen LogP contribution in [0.2, 0.25) is 0 Å². The molecular weight excluding hydrogens is 330 g/mol. The maximum Gasteiger partial charge on any atom is 0.108 e. The van der Waals surface area contributed by atoms with E-state index >= 15 is 0 Å². The largest absolute Gasteiger partial charge is 0.383 e. The molecule has 0 amide bonds. The zero-order chi connectivity index (χ0) is 15.8. The summed E-state index contributed by atoms with van der Waals surface area (Å²) in [5.41, 5.74) is 0.315. The first-order chi connectivity index (χ1) is 9.63. The highest BCUT2D eigenvalue weighted by Crippen LogP contribution is 2.49. The number of nitrogens with zero attached hydrogens (tertiary/aromatic N) is 3. The SMILES string of the molecule is CC1CC(C)(C)CC(O)(c2c(Br)cnn2CCN(C)C)C1. The maximum atomic E-state index is 11.4. The van der Waals surface area contributed by atoms with Crippen LogP contribution in [0, 0.1) is 11.3 Å². The van der Waals surface area contributed by atoms with E-state index in [0.717, 1.165) is 36.1 Å². The Morgan fingerprint density at radius 3 is 2.67 bits per heavy atom. The normalized spacial score (nSPS) is 29.0. The predicted molar refractivity (Wildman–Crippen MR) is 89.2 cm³/mol. The molecule has 1 fully saturated rings. The van der Waals surface area contributed by atoms with Crippen LogP contribution in [0.1, 0.15) is 45.7 Å². The van der Waals surface area contributed by atoms with Gasteiger partial charge >= 0.3 is 0 Å². The van der Waals surface area contributed by atoms with Gasteiger partial charge in [0.15, 0.2) is 0 Å². The summed E-state index contributed by atoms with van der Waals surface area (Å²) < 4.78 is 2.90. The average Bonchev–Trinajstić information content (AvgIpc) is 2.65. The Bertz CT molecular complexity index is 498. The van der Waals surface area contributed by atoms with E-state index in [1.807, 2.05) is 10.9 Å². The van der Waals surface area contributed by atoms with Crippen molar-refractivity contribution in [3.63, 3.8) is 0 Å². The summed E-state index contributed by atoms with van der Waals surface area (Å²) >= 11 is 3.60. The van der Waals surface area contributed by atoms with E-state index in [0.29, 0.717) is 5.92 Å². The molecule has 21 heavy (non-hydrogen) atoms. The fourth-order valence-corrected chi connectivity index (χ4v) is 4.66. The van der Waals surface area contributed by atoms with Gasteiger partial charge in [-0.05, 0) is 60.6 Å². The highest BCUT2D eigenvalue weighted by molar-refractivity contribution is 9.10. The van der Waals surface area contributed by atoms with Crippen LogP contribution in [-0.2, 0) is 12.1 Å². The average molecular weight is 358 g/mol. The van der Waals surface area contributed by atoms with Crippen molar-refractivity contribution in [2.24, 2.45) is 11.3 Å². The van der Waals surface area contributed by atoms with Crippen molar-refractivity contribution < 1.29 is 5.11 Å². The summed E-state index contributed by atoms with van der Waals surface area (Å²) in [6, 6.07) is 0. The van der Waals surface area contributed by atoms with Gasteiger partial charge in [0.1, 0.15) is 5.60 Å². The number of halogens is 1. The summed E-state index contributed by atoms with van der Waals surface area (Å²) in [6.07, 6.45) is 4.58. The summed E-state index contributed by atoms with van der Waals surface area (Å²) in [4.78, 5) is 2.14. The van der Waals surface area contributed by atoms with Crippen LogP contribution in [0.3, 0.4) is 0 Å². The minimum atomic E-state index is -0.789. The first kappa shape index (κ1) is 17.0. The van der Waals surface area contributed by atoms with Gasteiger partial charge in [-0.3, -0.25) is 4.68 Å². The topological polar surface area (TPSA) is 41.3 Å². The fraction of sp³-hybridized carbons (Fsp3) is 0.812. The lowest BCUT2D eigenvalue weighted by atomic mass is 9.65. The monoisotopic (exact) mass is 357 g/mol. The first-order valence-corrected chi connectivity index (χ1v) is 8.51. The Hall–Kier alpha value is -0.390. The second-order valence-electron chi connectivity index (χ2n) is 7.75. The standard InChI is InChI=1S/C16H28BrN3O/c1-12-8-15(2,3)11-16(21,9-12)14-13(17)10-18-20(14)7-6-19(4)5/h10,12,21H,6-9,11H2,1-5H3. The van der Waals surface area contributed by atoms with E-state index in [1.54, 1.807) is 0 Å². The van der Waals surface area contributed by atoms with Crippen molar-refractivity contribution in [2.45, 2.75) is 52.2 Å². The Morgan fingerprint density at radius 1 is 1.43 bits per heavy atom. The zero-order valence-electron chi connectivity index (χ0n) is 13.9. The first-order valence-electron chi connectivity index (χ1n) is 7.72. The molecule has 1 N–H and O–H groups in total. The number of rotatable bonds is 4. The van der Waals surface area contributed by atoms with Crippen LogP contribution < -0.4 is 0 Å². The number of likely N-dealkylation sites (N-methyl/N-ethyl adjacent to an activating group) is 1. The van der Waals surface area contributed by atoms with E-state index in [4.69, 9.17) is 0 Å². The number of hydrogen-bond acceptors (Lipinski definition) is 3. The van der Waals surface area contributed by atoms with Gasteiger partial charge in [-0.1, -0.05) is 20.8 Å². The van der Waals surface area contributed by atoms with E-state index in [2.05, 4.69) is 60.8 Å². The van der Waals surface area contributed by atoms with Crippen LogP contribution in [0.25, 0.3) is 0 Å². The number of aliphatic hydroxyl groups is 1. The molecule has 0 aliphatic heterocycles. The van der Waals surface area contributed by atoms with Gasteiger partial charge < -0.3 is 10.0 Å². The van der Waals surface area contributed by atoms with Gasteiger partial charge in [-0.25, -0.2) is 0 Å². The molecule has 0 aromatic carbocycles. The maximum absolute atomic E-state index is 11.4. The summed E-state index contributed by atoms with van der Waals surface area (Å²) in [6.45, 7) is 8.45. The molecular formula is C16H28BrN3O. The van der Waals surface area contributed by atoms with Crippen LogP contribution in [0.15, 0.2) is 10.7 Å². The summed E-state index contributed by atoms with van der Waals surface area (Å²) in [5.74, 6) is 0.517. The smallest absolute Gasteiger partial charge is 0.108 e. The molecule has 0 bridgehead atoms. The van der Waals surface area contributed by atoms with Crippen molar-refractivity contribution in [2.75, 3.05) is 20.6 Å². The Kier molecular flexibility index (Phi) is 4.86. The third-order valence-corrected chi connectivity index (χ3v) is 4.93. The lowest BCUT2D eigenvalue weighted by molar-refractivity contribution is -0.0701. The van der Waals surface area contributed by atoms with Gasteiger partial charge in [0.25, 0.3) is 0 Å². The third-order valence-electron chi connectivity index (χ3n) is 4.35. The Morgan fingerprint density at radius 2 is 2.10 bits per heavy atom. The molecule has 0 saturated heterocycles. The van der Waals surface area contributed by atoms with Crippen molar-refractivity contribution >= 4 is 15.9 Å². The second-order valence-corrected chi connectivity index (χ2v) is 8.61. The molecule has 0 radical (unpaired) electrons. The van der Waals surface area contributed by atoms with E-state index in [9.17, 15) is 5.11 Å². The molecule has 1 heterocycles. The fourth-order valence-electron chi connectivity index (χ4n) is 4.00. The van der Waals surface area contributed by atoms with Crippen LogP contribution >= 0.6 is 15.9 Å².